The van der Waals surface area contributed by atoms with E-state index in [4.69, 9.17) is 9.47 Å². The number of ether oxygens (including phenoxy) is 2. The van der Waals surface area contributed by atoms with E-state index in [2.05, 4.69) is 0 Å². The van der Waals surface area contributed by atoms with Gasteiger partial charge in [-0.2, -0.15) is 0 Å². The van der Waals surface area contributed by atoms with Gasteiger partial charge in [-0.25, -0.2) is 0 Å². The number of Topliss-reactive ketones (excluding diaryl/α,β-unsaturated/α-hetero) is 1. The van der Waals surface area contributed by atoms with E-state index in [1.54, 1.807) is 24.3 Å². The Kier molecular flexibility index (Phi) is 5.73. The summed E-state index contributed by atoms with van der Waals surface area (Å²) in [5, 5.41) is 61.1. The topological polar surface area (TPSA) is 157 Å². The van der Waals surface area contributed by atoms with Gasteiger partial charge >= 0.3 is 0 Å². The van der Waals surface area contributed by atoms with Crippen LogP contribution in [0.4, 0.5) is 0 Å². The molecule has 4 aromatic rings. The molecule has 198 valence electrons. The molecule has 6 rings (SSSR count). The lowest BCUT2D eigenvalue weighted by Crippen LogP contribution is -2.35. The van der Waals surface area contributed by atoms with Gasteiger partial charge in [0.25, 0.3) is 0 Å². The Hall–Kier alpha value is -4.89. The number of carbonyl (C=O) groups is 1. The fourth-order valence-electron chi connectivity index (χ4n) is 5.65. The van der Waals surface area contributed by atoms with Crippen LogP contribution < -0.4 is 4.74 Å². The lowest BCUT2D eigenvalue weighted by molar-refractivity contribution is -0.00891. The Labute approximate surface area is 222 Å². The van der Waals surface area contributed by atoms with Crippen molar-refractivity contribution in [3.8, 4) is 40.2 Å². The molecule has 0 bridgehead atoms. The molecule has 0 radical (unpaired) electrons. The van der Waals surface area contributed by atoms with E-state index in [1.165, 1.54) is 48.5 Å². The van der Waals surface area contributed by atoms with E-state index in [0.29, 0.717) is 11.1 Å². The molecule has 0 amide bonds. The van der Waals surface area contributed by atoms with Gasteiger partial charge in [0.2, 0.25) is 0 Å². The Balaban J connectivity index is 1.56. The highest BCUT2D eigenvalue weighted by atomic mass is 16.5. The number of hydrogen-bond acceptors (Lipinski definition) is 9. The monoisotopic (exact) mass is 528 g/mol. The largest absolute Gasteiger partial charge is 0.508 e. The maximum Gasteiger partial charge on any atom is 0.173 e. The van der Waals surface area contributed by atoms with Crippen molar-refractivity contribution in [3.63, 3.8) is 0 Å². The summed E-state index contributed by atoms with van der Waals surface area (Å²) in [6, 6.07) is 18.7. The van der Waals surface area contributed by atoms with Crippen LogP contribution in [-0.4, -0.2) is 36.4 Å². The van der Waals surface area contributed by atoms with Gasteiger partial charge in [-0.15, -0.1) is 0 Å². The Bertz CT molecular complexity index is 1560. The van der Waals surface area contributed by atoms with Gasteiger partial charge in [-0.3, -0.25) is 4.79 Å². The molecule has 1 fully saturated rings. The molecule has 9 heteroatoms. The van der Waals surface area contributed by atoms with Crippen molar-refractivity contribution in [1.29, 1.82) is 0 Å². The lowest BCUT2D eigenvalue weighted by Gasteiger charge is -2.37. The minimum absolute atomic E-state index is 0.0250. The Morgan fingerprint density at radius 3 is 1.77 bits per heavy atom. The van der Waals surface area contributed by atoms with Crippen LogP contribution in [0.2, 0.25) is 0 Å². The van der Waals surface area contributed by atoms with Crippen LogP contribution in [0.1, 0.15) is 45.4 Å². The van der Waals surface area contributed by atoms with Gasteiger partial charge < -0.3 is 40.1 Å². The van der Waals surface area contributed by atoms with Crippen LogP contribution >= 0.6 is 0 Å². The third-order valence-electron chi connectivity index (χ3n) is 7.37. The zero-order valence-electron chi connectivity index (χ0n) is 20.3. The van der Waals surface area contributed by atoms with Crippen molar-refractivity contribution in [3.05, 3.63) is 101 Å². The number of aromatic hydroxyl groups is 6. The Morgan fingerprint density at radius 1 is 0.590 bits per heavy atom. The fourth-order valence-corrected chi connectivity index (χ4v) is 5.65. The van der Waals surface area contributed by atoms with Crippen molar-refractivity contribution >= 4 is 5.78 Å². The number of phenolic OH excluding ortho intramolecular Hbond substituents is 6. The van der Waals surface area contributed by atoms with Crippen LogP contribution in [0.5, 0.6) is 40.2 Å². The zero-order valence-corrected chi connectivity index (χ0v) is 20.3. The molecule has 39 heavy (non-hydrogen) atoms. The maximum atomic E-state index is 14.2. The molecular weight excluding hydrogens is 504 g/mol. The fraction of sp³-hybridized carbons (Fsp3) is 0.167. The molecule has 1 saturated heterocycles. The van der Waals surface area contributed by atoms with Crippen molar-refractivity contribution in [2.24, 2.45) is 11.8 Å². The average molecular weight is 529 g/mol. The molecule has 0 unspecified atom stereocenters. The molecule has 5 atom stereocenters. The SMILES string of the molecule is O=C(c1ccc(O)cc1O)[C@H]1[C@@H]2[C@H](c3ccc(O)cc3)Oc3cc(O)cc(O)c3[C@@H]2O[C@H]1c1ccc(O)cc1. The molecule has 2 heterocycles. The summed E-state index contributed by atoms with van der Waals surface area (Å²) in [4.78, 5) is 14.2. The number of phenols is 6. The second-order valence-electron chi connectivity index (χ2n) is 9.74. The predicted octanol–water partition coefficient (Wildman–Crippen LogP) is 4.98. The minimum Gasteiger partial charge on any atom is -0.508 e. The van der Waals surface area contributed by atoms with Crippen molar-refractivity contribution in [2.75, 3.05) is 0 Å². The van der Waals surface area contributed by atoms with E-state index in [0.717, 1.165) is 6.07 Å². The average Bonchev–Trinajstić information content (AvgIpc) is 3.29. The van der Waals surface area contributed by atoms with E-state index < -0.39 is 41.7 Å². The molecule has 9 nitrogen and oxygen atoms in total. The standard InChI is InChI=1S/C30H24O9/c31-16-5-1-14(2-6-16)28-25(27(37)20-10-9-18(33)11-21(20)35)26-29(15-3-7-17(32)8-4-15)38-23-13-19(34)12-22(36)24(23)30(26)39-28/h1-13,25-26,28-36H/t25-,26-,28+,29+,30+/m1/s1. The summed E-state index contributed by atoms with van der Waals surface area (Å²) in [5.74, 6) is -3.04. The smallest absolute Gasteiger partial charge is 0.173 e. The lowest BCUT2D eigenvalue weighted by atomic mass is 9.72. The molecule has 2 aliphatic rings. The van der Waals surface area contributed by atoms with Gasteiger partial charge in [0.05, 0.1) is 29.3 Å². The van der Waals surface area contributed by atoms with E-state index >= 15 is 0 Å². The van der Waals surface area contributed by atoms with Crippen LogP contribution in [0.3, 0.4) is 0 Å². The van der Waals surface area contributed by atoms with Gasteiger partial charge in [-0.05, 0) is 47.5 Å². The summed E-state index contributed by atoms with van der Waals surface area (Å²) < 4.78 is 12.9. The number of hydrogen-bond donors (Lipinski definition) is 6. The first-order valence-electron chi connectivity index (χ1n) is 12.2. The number of fused-ring (bicyclic) bond motifs is 3. The van der Waals surface area contributed by atoms with E-state index in [-0.39, 0.29) is 45.6 Å². The molecule has 2 aliphatic heterocycles. The molecule has 0 spiro atoms. The van der Waals surface area contributed by atoms with Crippen LogP contribution in [0.15, 0.2) is 78.9 Å². The summed E-state index contributed by atoms with van der Waals surface area (Å²) in [6.45, 7) is 0. The molecular formula is C30H24O9. The van der Waals surface area contributed by atoms with Crippen molar-refractivity contribution < 1.29 is 44.9 Å². The summed E-state index contributed by atoms with van der Waals surface area (Å²) in [5.41, 5.74) is 1.42. The molecule has 6 N–H and O–H groups in total. The Morgan fingerprint density at radius 2 is 1.15 bits per heavy atom. The summed E-state index contributed by atoms with van der Waals surface area (Å²) in [6.07, 6.45) is -2.58. The highest BCUT2D eigenvalue weighted by Gasteiger charge is 2.57. The van der Waals surface area contributed by atoms with Gasteiger partial charge in [-0.1, -0.05) is 24.3 Å². The maximum absolute atomic E-state index is 14.2. The summed E-state index contributed by atoms with van der Waals surface area (Å²) in [7, 11) is 0. The van der Waals surface area contributed by atoms with Crippen molar-refractivity contribution in [1.82, 2.24) is 0 Å². The van der Waals surface area contributed by atoms with Gasteiger partial charge in [0.1, 0.15) is 46.4 Å². The molecule has 0 saturated carbocycles. The van der Waals surface area contributed by atoms with E-state index in [9.17, 15) is 35.4 Å². The molecule has 4 aromatic carbocycles. The van der Waals surface area contributed by atoms with Crippen LogP contribution in [0, 0.1) is 11.8 Å². The van der Waals surface area contributed by atoms with Gasteiger partial charge in [0.15, 0.2) is 5.78 Å². The number of benzene rings is 4. The first-order valence-corrected chi connectivity index (χ1v) is 12.2. The van der Waals surface area contributed by atoms with E-state index in [1.807, 2.05) is 0 Å². The first-order chi connectivity index (χ1) is 18.7. The third kappa shape index (κ3) is 4.13. The normalized spacial score (nSPS) is 23.4. The van der Waals surface area contributed by atoms with Crippen LogP contribution in [0.25, 0.3) is 0 Å². The minimum atomic E-state index is -0.963. The quantitative estimate of drug-likeness (QED) is 0.201. The first kappa shape index (κ1) is 24.4. The van der Waals surface area contributed by atoms with Crippen molar-refractivity contribution in [2.45, 2.75) is 18.3 Å². The van der Waals surface area contributed by atoms with Gasteiger partial charge in [0, 0.05) is 24.1 Å². The summed E-state index contributed by atoms with van der Waals surface area (Å²) >= 11 is 0. The number of carbonyl (C=O) groups excluding carboxylic acids is 1. The second kappa shape index (κ2) is 9.14. The number of rotatable bonds is 4. The second-order valence-corrected chi connectivity index (χ2v) is 9.74. The highest BCUT2D eigenvalue weighted by molar-refractivity contribution is 6.01. The molecule has 0 aliphatic carbocycles. The highest BCUT2D eigenvalue weighted by Crippen LogP contribution is 2.62. The number of ketones is 1. The third-order valence-corrected chi connectivity index (χ3v) is 7.37. The predicted molar refractivity (Wildman–Crippen MR) is 137 cm³/mol. The molecule has 0 aromatic heterocycles. The van der Waals surface area contributed by atoms with Crippen LogP contribution in [-0.2, 0) is 4.74 Å². The zero-order chi connectivity index (χ0) is 27.4.